The molecule has 0 aromatic carbocycles. The molecule has 0 aliphatic heterocycles. The number of aliphatic hydroxyl groups is 1. The molecule has 0 aliphatic rings. The molecule has 1 rings (SSSR count). The van der Waals surface area contributed by atoms with Gasteiger partial charge in [-0.05, 0) is 20.8 Å². The monoisotopic (exact) mass is 198 g/mol. The smallest absolute Gasteiger partial charge is 0.420 e. The highest BCUT2D eigenvalue weighted by Crippen LogP contribution is 2.09. The molecule has 0 atom stereocenters. The summed E-state index contributed by atoms with van der Waals surface area (Å²) in [5.74, 6) is 0.277. The van der Waals surface area contributed by atoms with Crippen molar-refractivity contribution in [2.75, 3.05) is 0 Å². The van der Waals surface area contributed by atoms with E-state index < -0.39 is 11.7 Å². The summed E-state index contributed by atoms with van der Waals surface area (Å²) in [5, 5.41) is 8.86. The van der Waals surface area contributed by atoms with Crippen LogP contribution in [0.4, 0.5) is 4.79 Å². The number of hydrogen-bond acceptors (Lipinski definition) is 4. The van der Waals surface area contributed by atoms with Gasteiger partial charge in [0.15, 0.2) is 0 Å². The summed E-state index contributed by atoms with van der Waals surface area (Å²) in [5.41, 5.74) is -0.548. The molecule has 1 aromatic heterocycles. The zero-order chi connectivity index (χ0) is 10.8. The first-order valence-corrected chi connectivity index (χ1v) is 4.30. The molecule has 0 aliphatic carbocycles. The number of rotatable bonds is 1. The second-order valence-corrected chi connectivity index (χ2v) is 3.85. The minimum Gasteiger partial charge on any atom is -0.443 e. The van der Waals surface area contributed by atoms with Crippen LogP contribution in [0.15, 0.2) is 12.4 Å². The van der Waals surface area contributed by atoms with Crippen molar-refractivity contribution in [3.05, 3.63) is 18.2 Å². The minimum atomic E-state index is -0.548. The fourth-order valence-corrected chi connectivity index (χ4v) is 0.929. The van der Waals surface area contributed by atoms with Gasteiger partial charge in [-0.15, -0.1) is 0 Å². The lowest BCUT2D eigenvalue weighted by atomic mass is 10.2. The third-order valence-corrected chi connectivity index (χ3v) is 1.45. The zero-order valence-electron chi connectivity index (χ0n) is 8.52. The third kappa shape index (κ3) is 2.56. The van der Waals surface area contributed by atoms with Crippen molar-refractivity contribution in [2.45, 2.75) is 33.0 Å². The molecule has 5 nitrogen and oxygen atoms in total. The maximum Gasteiger partial charge on any atom is 0.420 e. The van der Waals surface area contributed by atoms with E-state index in [0.29, 0.717) is 0 Å². The van der Waals surface area contributed by atoms with Gasteiger partial charge in [0.05, 0.1) is 0 Å². The molecule has 0 amide bonds. The van der Waals surface area contributed by atoms with Crippen molar-refractivity contribution in [1.29, 1.82) is 0 Å². The molecule has 0 saturated heterocycles. The highest BCUT2D eigenvalue weighted by Gasteiger charge is 2.19. The van der Waals surface area contributed by atoms with E-state index in [4.69, 9.17) is 9.84 Å². The van der Waals surface area contributed by atoms with Crippen LogP contribution in [0, 0.1) is 0 Å². The molecule has 1 N–H and O–H groups in total. The number of ether oxygens (including phenoxy) is 1. The summed E-state index contributed by atoms with van der Waals surface area (Å²) in [7, 11) is 0. The van der Waals surface area contributed by atoms with Crippen LogP contribution in [0.5, 0.6) is 0 Å². The first-order valence-electron chi connectivity index (χ1n) is 4.30. The maximum atomic E-state index is 11.5. The maximum absolute atomic E-state index is 11.5. The summed E-state index contributed by atoms with van der Waals surface area (Å²) in [6, 6.07) is 0. The van der Waals surface area contributed by atoms with E-state index in [1.165, 1.54) is 17.0 Å². The van der Waals surface area contributed by atoms with Crippen molar-refractivity contribution in [3.8, 4) is 0 Å². The summed E-state index contributed by atoms with van der Waals surface area (Å²) < 4.78 is 6.28. The van der Waals surface area contributed by atoms with Gasteiger partial charge < -0.3 is 9.84 Å². The quantitative estimate of drug-likeness (QED) is 0.735. The fourth-order valence-electron chi connectivity index (χ4n) is 0.929. The molecule has 0 saturated carbocycles. The summed E-state index contributed by atoms with van der Waals surface area (Å²) in [4.78, 5) is 15.3. The van der Waals surface area contributed by atoms with Crippen LogP contribution >= 0.6 is 0 Å². The van der Waals surface area contributed by atoms with E-state index in [9.17, 15) is 4.79 Å². The van der Waals surface area contributed by atoms with Crippen molar-refractivity contribution < 1.29 is 14.6 Å². The van der Waals surface area contributed by atoms with E-state index in [-0.39, 0.29) is 12.4 Å². The normalized spacial score (nSPS) is 11.4. The first kappa shape index (κ1) is 10.7. The Kier molecular flexibility index (Phi) is 2.90. The Bertz CT molecular complexity index is 325. The molecule has 0 fully saturated rings. The first-order chi connectivity index (χ1) is 6.44. The summed E-state index contributed by atoms with van der Waals surface area (Å²) >= 11 is 0. The SMILES string of the molecule is CC(C)(C)OC(=O)n1ccnc1CO. The van der Waals surface area contributed by atoms with Gasteiger partial charge in [-0.2, -0.15) is 0 Å². The van der Waals surface area contributed by atoms with Crippen LogP contribution < -0.4 is 0 Å². The lowest BCUT2D eigenvalue weighted by molar-refractivity contribution is 0.0524. The number of hydrogen-bond donors (Lipinski definition) is 1. The number of carbonyl (C=O) groups excluding carboxylic acids is 1. The summed E-state index contributed by atoms with van der Waals surface area (Å²) in [6.45, 7) is 5.05. The van der Waals surface area contributed by atoms with Gasteiger partial charge in [0.25, 0.3) is 0 Å². The van der Waals surface area contributed by atoms with Gasteiger partial charge in [-0.25, -0.2) is 14.3 Å². The molecule has 14 heavy (non-hydrogen) atoms. The second-order valence-electron chi connectivity index (χ2n) is 3.85. The zero-order valence-corrected chi connectivity index (χ0v) is 8.52. The van der Waals surface area contributed by atoms with E-state index in [1.807, 2.05) is 0 Å². The van der Waals surface area contributed by atoms with Crippen molar-refractivity contribution in [3.63, 3.8) is 0 Å². The molecule has 0 bridgehead atoms. The van der Waals surface area contributed by atoms with Crippen LogP contribution in [0.3, 0.4) is 0 Å². The molecule has 1 aromatic rings. The Balaban J connectivity index is 2.80. The molecule has 1 heterocycles. The number of imidazole rings is 1. The molecule has 0 spiro atoms. The fraction of sp³-hybridized carbons (Fsp3) is 0.556. The summed E-state index contributed by atoms with van der Waals surface area (Å²) in [6.07, 6.45) is 2.37. The predicted octanol–water partition coefficient (Wildman–Crippen LogP) is 1.16. The van der Waals surface area contributed by atoms with E-state index in [1.54, 1.807) is 20.8 Å². The number of nitrogens with zero attached hydrogens (tertiary/aromatic N) is 2. The van der Waals surface area contributed by atoms with Crippen LogP contribution in [0.2, 0.25) is 0 Å². The van der Waals surface area contributed by atoms with Gasteiger partial charge in [-0.3, -0.25) is 0 Å². The van der Waals surface area contributed by atoms with E-state index >= 15 is 0 Å². The van der Waals surface area contributed by atoms with Crippen LogP contribution in [-0.4, -0.2) is 26.4 Å². The Morgan fingerprint density at radius 3 is 2.79 bits per heavy atom. The highest BCUT2D eigenvalue weighted by molar-refractivity contribution is 5.71. The predicted molar refractivity (Wildman–Crippen MR) is 49.8 cm³/mol. The lowest BCUT2D eigenvalue weighted by Gasteiger charge is -2.19. The third-order valence-electron chi connectivity index (χ3n) is 1.45. The Hall–Kier alpha value is -1.36. The number of aliphatic hydroxyl groups excluding tert-OH is 1. The van der Waals surface area contributed by atoms with Gasteiger partial charge in [0.2, 0.25) is 0 Å². The molecular formula is C9H14N2O3. The Morgan fingerprint density at radius 2 is 2.29 bits per heavy atom. The van der Waals surface area contributed by atoms with E-state index in [0.717, 1.165) is 0 Å². The number of aromatic nitrogens is 2. The van der Waals surface area contributed by atoms with E-state index in [2.05, 4.69) is 4.98 Å². The molecule has 0 radical (unpaired) electrons. The standard InChI is InChI=1S/C9H14N2O3/c1-9(2,3)14-8(13)11-5-4-10-7(11)6-12/h4-5,12H,6H2,1-3H3. The average Bonchev–Trinajstić information content (AvgIpc) is 2.47. The van der Waals surface area contributed by atoms with Gasteiger partial charge in [0, 0.05) is 12.4 Å². The topological polar surface area (TPSA) is 64.4 Å². The molecule has 5 heteroatoms. The van der Waals surface area contributed by atoms with Crippen LogP contribution in [-0.2, 0) is 11.3 Å². The van der Waals surface area contributed by atoms with Crippen molar-refractivity contribution in [1.82, 2.24) is 9.55 Å². The highest BCUT2D eigenvalue weighted by atomic mass is 16.6. The average molecular weight is 198 g/mol. The van der Waals surface area contributed by atoms with Gasteiger partial charge in [0.1, 0.15) is 18.0 Å². The molecular weight excluding hydrogens is 184 g/mol. The lowest BCUT2D eigenvalue weighted by Crippen LogP contribution is -2.27. The van der Waals surface area contributed by atoms with Crippen molar-refractivity contribution in [2.24, 2.45) is 0 Å². The Morgan fingerprint density at radius 1 is 1.64 bits per heavy atom. The molecule has 78 valence electrons. The van der Waals surface area contributed by atoms with Gasteiger partial charge >= 0.3 is 6.09 Å². The number of carbonyl (C=O) groups is 1. The second kappa shape index (κ2) is 3.79. The van der Waals surface area contributed by atoms with Crippen LogP contribution in [0.1, 0.15) is 26.6 Å². The Labute approximate surface area is 82.3 Å². The minimum absolute atomic E-state index is 0.277. The van der Waals surface area contributed by atoms with Gasteiger partial charge in [-0.1, -0.05) is 0 Å². The molecule has 0 unspecified atom stereocenters. The van der Waals surface area contributed by atoms with Crippen molar-refractivity contribution >= 4 is 6.09 Å². The van der Waals surface area contributed by atoms with Crippen LogP contribution in [0.25, 0.3) is 0 Å². The largest absolute Gasteiger partial charge is 0.443 e.